The van der Waals surface area contributed by atoms with Crippen molar-refractivity contribution in [3.8, 4) is 5.75 Å². The number of allylic oxidation sites excluding steroid dienone is 4. The highest BCUT2D eigenvalue weighted by molar-refractivity contribution is 5.75. The van der Waals surface area contributed by atoms with Gasteiger partial charge in [-0.25, -0.2) is 0 Å². The van der Waals surface area contributed by atoms with Crippen molar-refractivity contribution in [2.24, 2.45) is 17.8 Å². The lowest BCUT2D eigenvalue weighted by Gasteiger charge is -2.32. The standard InChI is InChI=1S/C27H40O/c1-3-4-5-6-7-8-21-28-27-19-17-26(18-20-27)25-15-13-24(14-16-25)23-11-9-22(2)10-12-23/h13,15-20,22-24H,3-12,14,21H2,1-2H3/t22-,23-,24?. The van der Waals surface area contributed by atoms with Gasteiger partial charge in [-0.2, -0.15) is 0 Å². The molecule has 0 heterocycles. The smallest absolute Gasteiger partial charge is 0.119 e. The summed E-state index contributed by atoms with van der Waals surface area (Å²) in [6, 6.07) is 8.70. The van der Waals surface area contributed by atoms with Gasteiger partial charge in [0.1, 0.15) is 5.75 Å². The summed E-state index contributed by atoms with van der Waals surface area (Å²) >= 11 is 0. The first-order chi connectivity index (χ1) is 13.8. The normalized spacial score (nSPS) is 24.8. The van der Waals surface area contributed by atoms with Crippen molar-refractivity contribution in [2.75, 3.05) is 6.61 Å². The van der Waals surface area contributed by atoms with Gasteiger partial charge in [0, 0.05) is 0 Å². The Hall–Kier alpha value is -1.50. The van der Waals surface area contributed by atoms with Crippen LogP contribution in [0.3, 0.4) is 0 Å². The van der Waals surface area contributed by atoms with Crippen molar-refractivity contribution in [3.05, 3.63) is 48.1 Å². The minimum atomic E-state index is 0.760. The zero-order chi connectivity index (χ0) is 19.6. The molecular formula is C27H40O. The second-order valence-electron chi connectivity index (χ2n) is 9.08. The number of hydrogen-bond acceptors (Lipinski definition) is 1. The van der Waals surface area contributed by atoms with E-state index in [1.165, 1.54) is 81.8 Å². The maximum absolute atomic E-state index is 5.92. The Morgan fingerprint density at radius 2 is 1.61 bits per heavy atom. The second kappa shape index (κ2) is 11.5. The minimum Gasteiger partial charge on any atom is -0.494 e. The lowest BCUT2D eigenvalue weighted by Crippen LogP contribution is -2.20. The van der Waals surface area contributed by atoms with Gasteiger partial charge in [-0.1, -0.05) is 89.2 Å². The van der Waals surface area contributed by atoms with Gasteiger partial charge in [-0.05, 0) is 66.7 Å². The monoisotopic (exact) mass is 380 g/mol. The largest absolute Gasteiger partial charge is 0.494 e. The van der Waals surface area contributed by atoms with Crippen LogP contribution in [0.25, 0.3) is 5.57 Å². The molecule has 1 unspecified atom stereocenters. The molecule has 0 saturated heterocycles. The summed E-state index contributed by atoms with van der Waals surface area (Å²) in [5.41, 5.74) is 2.70. The van der Waals surface area contributed by atoms with Crippen LogP contribution >= 0.6 is 0 Å². The number of ether oxygens (including phenoxy) is 1. The van der Waals surface area contributed by atoms with Crippen LogP contribution in [0.4, 0.5) is 0 Å². The quantitative estimate of drug-likeness (QED) is 0.371. The first-order valence-electron chi connectivity index (χ1n) is 11.9. The summed E-state index contributed by atoms with van der Waals surface area (Å²) < 4.78 is 5.92. The van der Waals surface area contributed by atoms with Crippen molar-refractivity contribution in [1.82, 2.24) is 0 Å². The summed E-state index contributed by atoms with van der Waals surface area (Å²) in [5.74, 6) is 3.61. The molecule has 0 radical (unpaired) electrons. The van der Waals surface area contributed by atoms with E-state index in [0.29, 0.717) is 0 Å². The summed E-state index contributed by atoms with van der Waals surface area (Å²) in [6.07, 6.45) is 22.0. The number of rotatable bonds is 10. The molecule has 1 aromatic rings. The fourth-order valence-electron chi connectivity index (χ4n) is 4.73. The average molecular weight is 381 g/mol. The molecule has 1 saturated carbocycles. The molecule has 3 rings (SSSR count). The summed E-state index contributed by atoms with van der Waals surface area (Å²) in [4.78, 5) is 0. The highest BCUT2D eigenvalue weighted by Gasteiger charge is 2.25. The van der Waals surface area contributed by atoms with Crippen molar-refractivity contribution in [2.45, 2.75) is 84.5 Å². The molecule has 1 fully saturated rings. The van der Waals surface area contributed by atoms with E-state index in [1.54, 1.807) is 0 Å². The third-order valence-electron chi connectivity index (χ3n) is 6.75. The Labute approximate surface area is 173 Å². The van der Waals surface area contributed by atoms with Crippen molar-refractivity contribution < 1.29 is 4.74 Å². The van der Waals surface area contributed by atoms with Crippen molar-refractivity contribution >= 4 is 5.57 Å². The van der Waals surface area contributed by atoms with Gasteiger partial charge in [0.15, 0.2) is 0 Å². The Morgan fingerprint density at radius 1 is 0.893 bits per heavy atom. The molecule has 0 aliphatic heterocycles. The molecule has 1 nitrogen and oxygen atoms in total. The van der Waals surface area contributed by atoms with Gasteiger partial charge in [0.25, 0.3) is 0 Å². The molecule has 2 aliphatic rings. The second-order valence-corrected chi connectivity index (χ2v) is 9.08. The molecule has 154 valence electrons. The summed E-state index contributed by atoms with van der Waals surface area (Å²) in [7, 11) is 0. The molecule has 0 amide bonds. The van der Waals surface area contributed by atoms with E-state index in [4.69, 9.17) is 4.74 Å². The van der Waals surface area contributed by atoms with E-state index in [-0.39, 0.29) is 0 Å². The third-order valence-corrected chi connectivity index (χ3v) is 6.75. The van der Waals surface area contributed by atoms with Crippen LogP contribution < -0.4 is 4.74 Å². The van der Waals surface area contributed by atoms with E-state index in [0.717, 1.165) is 30.1 Å². The highest BCUT2D eigenvalue weighted by atomic mass is 16.5. The third kappa shape index (κ3) is 6.54. The fraction of sp³-hybridized carbons (Fsp3) is 0.630. The molecule has 1 atom stereocenters. The van der Waals surface area contributed by atoms with Crippen LogP contribution in [0.15, 0.2) is 42.5 Å². The Balaban J connectivity index is 1.40. The highest BCUT2D eigenvalue weighted by Crippen LogP contribution is 2.38. The van der Waals surface area contributed by atoms with Gasteiger partial charge in [-0.3, -0.25) is 0 Å². The lowest BCUT2D eigenvalue weighted by atomic mass is 9.74. The first kappa shape index (κ1) is 21.2. The van der Waals surface area contributed by atoms with Crippen LogP contribution in [-0.2, 0) is 0 Å². The average Bonchev–Trinajstić information content (AvgIpc) is 2.74. The summed E-state index contributed by atoms with van der Waals surface area (Å²) in [6.45, 7) is 5.52. The molecule has 28 heavy (non-hydrogen) atoms. The van der Waals surface area contributed by atoms with Crippen LogP contribution in [-0.4, -0.2) is 6.61 Å². The Bertz CT molecular complexity index is 616. The van der Waals surface area contributed by atoms with E-state index in [1.807, 2.05) is 0 Å². The van der Waals surface area contributed by atoms with E-state index < -0.39 is 0 Å². The number of benzene rings is 1. The van der Waals surface area contributed by atoms with E-state index >= 15 is 0 Å². The van der Waals surface area contributed by atoms with Gasteiger partial charge in [-0.15, -0.1) is 0 Å². The summed E-state index contributed by atoms with van der Waals surface area (Å²) in [5, 5.41) is 0. The molecule has 1 aromatic carbocycles. The number of hydrogen-bond donors (Lipinski definition) is 0. The molecule has 0 bridgehead atoms. The fourth-order valence-corrected chi connectivity index (χ4v) is 4.73. The molecule has 2 aliphatic carbocycles. The lowest BCUT2D eigenvalue weighted by molar-refractivity contribution is 0.240. The predicted molar refractivity (Wildman–Crippen MR) is 122 cm³/mol. The van der Waals surface area contributed by atoms with Crippen molar-refractivity contribution in [1.29, 1.82) is 0 Å². The zero-order valence-corrected chi connectivity index (χ0v) is 18.2. The molecular weight excluding hydrogens is 340 g/mol. The van der Waals surface area contributed by atoms with Crippen LogP contribution in [0.1, 0.15) is 90.0 Å². The maximum atomic E-state index is 5.92. The first-order valence-corrected chi connectivity index (χ1v) is 11.9. The number of unbranched alkanes of at least 4 members (excludes halogenated alkanes) is 5. The van der Waals surface area contributed by atoms with Gasteiger partial charge in [0.2, 0.25) is 0 Å². The van der Waals surface area contributed by atoms with E-state index in [9.17, 15) is 0 Å². The molecule has 0 N–H and O–H groups in total. The van der Waals surface area contributed by atoms with Crippen molar-refractivity contribution in [3.63, 3.8) is 0 Å². The van der Waals surface area contributed by atoms with Crippen LogP contribution in [0, 0.1) is 17.8 Å². The molecule has 0 aromatic heterocycles. The van der Waals surface area contributed by atoms with Gasteiger partial charge >= 0.3 is 0 Å². The topological polar surface area (TPSA) is 9.23 Å². The van der Waals surface area contributed by atoms with E-state index in [2.05, 4.69) is 56.3 Å². The minimum absolute atomic E-state index is 0.760. The van der Waals surface area contributed by atoms with Gasteiger partial charge < -0.3 is 4.74 Å². The maximum Gasteiger partial charge on any atom is 0.119 e. The predicted octanol–water partition coefficient (Wildman–Crippen LogP) is 8.21. The Kier molecular flexibility index (Phi) is 8.70. The molecule has 0 spiro atoms. The SMILES string of the molecule is CCCCCCCCOc1ccc(C2=CCC([C@H]3CC[C@H](C)CC3)C=C2)cc1. The Morgan fingerprint density at radius 3 is 2.29 bits per heavy atom. The molecule has 1 heteroatoms. The zero-order valence-electron chi connectivity index (χ0n) is 18.2. The van der Waals surface area contributed by atoms with Crippen LogP contribution in [0.2, 0.25) is 0 Å². The van der Waals surface area contributed by atoms with Gasteiger partial charge in [0.05, 0.1) is 6.61 Å². The van der Waals surface area contributed by atoms with Crippen LogP contribution in [0.5, 0.6) is 5.75 Å².